The summed E-state index contributed by atoms with van der Waals surface area (Å²) in [6.45, 7) is 8.13. The van der Waals surface area contributed by atoms with Gasteiger partial charge in [0, 0.05) is 0 Å². The Morgan fingerprint density at radius 3 is 2.21 bits per heavy atom. The largest absolute Gasteiger partial charge is 0.497 e. The van der Waals surface area contributed by atoms with E-state index >= 15 is 0 Å². The summed E-state index contributed by atoms with van der Waals surface area (Å²) in [5.41, 5.74) is 3.42. The second-order valence-electron chi connectivity index (χ2n) is 3.48. The number of hydrogen-bond acceptors (Lipinski definition) is 1. The molecule has 1 heteroatoms. The molecule has 0 amide bonds. The third-order valence-corrected chi connectivity index (χ3v) is 1.92. The molecule has 14 heavy (non-hydrogen) atoms. The molecule has 0 aromatic heterocycles. The van der Waals surface area contributed by atoms with Crippen molar-refractivity contribution in [2.75, 3.05) is 7.11 Å². The van der Waals surface area contributed by atoms with E-state index < -0.39 is 0 Å². The van der Waals surface area contributed by atoms with Crippen molar-refractivity contribution in [2.45, 2.75) is 13.8 Å². The molecular formula is C13H16O. The van der Waals surface area contributed by atoms with Crippen LogP contribution in [0.3, 0.4) is 0 Å². The predicted octanol–water partition coefficient (Wildman–Crippen LogP) is 3.67. The second-order valence-corrected chi connectivity index (χ2v) is 3.48. The van der Waals surface area contributed by atoms with Crippen molar-refractivity contribution >= 4 is 5.57 Å². The molecule has 1 aromatic carbocycles. The highest BCUT2D eigenvalue weighted by Gasteiger charge is 1.96. The van der Waals surface area contributed by atoms with Crippen LogP contribution in [0, 0.1) is 0 Å². The van der Waals surface area contributed by atoms with Crippen molar-refractivity contribution in [3.05, 3.63) is 48.1 Å². The number of methoxy groups -OCH3 is 1. The van der Waals surface area contributed by atoms with E-state index in [4.69, 9.17) is 4.74 Å². The molecule has 74 valence electrons. The van der Waals surface area contributed by atoms with Gasteiger partial charge in [0.25, 0.3) is 0 Å². The standard InChI is InChI=1S/C13H16O/c1-10(2)9-11(3)12-5-7-13(14-4)8-6-12/h5-9H,3H2,1-2,4H3. The van der Waals surface area contributed by atoms with Crippen molar-refractivity contribution in [1.82, 2.24) is 0 Å². The highest BCUT2D eigenvalue weighted by Crippen LogP contribution is 2.18. The smallest absolute Gasteiger partial charge is 0.118 e. The Kier molecular flexibility index (Phi) is 3.52. The maximum absolute atomic E-state index is 5.08. The Hall–Kier alpha value is -1.50. The minimum absolute atomic E-state index is 0.874. The average Bonchev–Trinajstić information content (AvgIpc) is 2.17. The van der Waals surface area contributed by atoms with Crippen LogP contribution in [0.15, 0.2) is 42.5 Å². The molecule has 0 aliphatic heterocycles. The van der Waals surface area contributed by atoms with E-state index in [9.17, 15) is 0 Å². The van der Waals surface area contributed by atoms with E-state index in [-0.39, 0.29) is 0 Å². The maximum atomic E-state index is 5.08. The number of allylic oxidation sites excluding steroid dienone is 3. The van der Waals surface area contributed by atoms with E-state index in [1.54, 1.807) is 7.11 Å². The molecule has 0 bridgehead atoms. The third-order valence-electron chi connectivity index (χ3n) is 1.92. The molecule has 1 rings (SSSR count). The molecule has 0 atom stereocenters. The van der Waals surface area contributed by atoms with Crippen LogP contribution < -0.4 is 4.74 Å². The van der Waals surface area contributed by atoms with Gasteiger partial charge in [-0.15, -0.1) is 0 Å². The number of ether oxygens (including phenoxy) is 1. The molecule has 1 nitrogen and oxygen atoms in total. The van der Waals surface area contributed by atoms with Gasteiger partial charge in [0.2, 0.25) is 0 Å². The second kappa shape index (κ2) is 4.66. The third kappa shape index (κ3) is 2.77. The van der Waals surface area contributed by atoms with Gasteiger partial charge in [-0.2, -0.15) is 0 Å². The van der Waals surface area contributed by atoms with Crippen LogP contribution in [0.5, 0.6) is 5.75 Å². The molecule has 0 unspecified atom stereocenters. The van der Waals surface area contributed by atoms with Crippen molar-refractivity contribution < 1.29 is 4.74 Å². The lowest BCUT2D eigenvalue weighted by molar-refractivity contribution is 0.415. The summed E-state index contributed by atoms with van der Waals surface area (Å²) in [5, 5.41) is 0. The SMILES string of the molecule is C=C(C=C(C)C)c1ccc(OC)cc1. The van der Waals surface area contributed by atoms with Crippen LogP contribution in [-0.4, -0.2) is 7.11 Å². The van der Waals surface area contributed by atoms with E-state index in [1.165, 1.54) is 5.57 Å². The molecule has 0 aliphatic rings. The van der Waals surface area contributed by atoms with E-state index in [1.807, 2.05) is 24.3 Å². The van der Waals surface area contributed by atoms with Gasteiger partial charge in [-0.25, -0.2) is 0 Å². The topological polar surface area (TPSA) is 9.23 Å². The summed E-state index contributed by atoms with van der Waals surface area (Å²) in [6.07, 6.45) is 2.07. The fourth-order valence-electron chi connectivity index (χ4n) is 1.24. The van der Waals surface area contributed by atoms with Crippen molar-refractivity contribution in [2.24, 2.45) is 0 Å². The highest BCUT2D eigenvalue weighted by molar-refractivity contribution is 5.72. The van der Waals surface area contributed by atoms with Crippen LogP contribution in [0.1, 0.15) is 19.4 Å². The average molecular weight is 188 g/mol. The van der Waals surface area contributed by atoms with Crippen LogP contribution >= 0.6 is 0 Å². The molecule has 0 saturated heterocycles. The fraction of sp³-hybridized carbons (Fsp3) is 0.231. The normalized spacial score (nSPS) is 9.36. The summed E-state index contributed by atoms with van der Waals surface area (Å²) in [4.78, 5) is 0. The zero-order valence-electron chi connectivity index (χ0n) is 9.00. The predicted molar refractivity (Wildman–Crippen MR) is 61.5 cm³/mol. The molecule has 0 heterocycles. The van der Waals surface area contributed by atoms with Gasteiger partial charge in [-0.3, -0.25) is 0 Å². The zero-order chi connectivity index (χ0) is 10.6. The molecule has 0 aliphatic carbocycles. The Labute approximate surface area is 85.7 Å². The molecule has 0 spiro atoms. The summed E-state index contributed by atoms with van der Waals surface area (Å²) in [6, 6.07) is 7.92. The molecule has 0 radical (unpaired) electrons. The Balaban J connectivity index is 2.87. The zero-order valence-corrected chi connectivity index (χ0v) is 9.00. The summed E-state index contributed by atoms with van der Waals surface area (Å²) >= 11 is 0. The van der Waals surface area contributed by atoms with Gasteiger partial charge in [0.1, 0.15) is 5.75 Å². The molecule has 0 N–H and O–H groups in total. The van der Waals surface area contributed by atoms with Crippen molar-refractivity contribution in [3.8, 4) is 5.75 Å². The maximum Gasteiger partial charge on any atom is 0.118 e. The van der Waals surface area contributed by atoms with Crippen LogP contribution in [-0.2, 0) is 0 Å². The van der Waals surface area contributed by atoms with Gasteiger partial charge in [0.05, 0.1) is 7.11 Å². The first kappa shape index (κ1) is 10.6. The number of hydrogen-bond donors (Lipinski definition) is 0. The summed E-state index contributed by atoms with van der Waals surface area (Å²) in [5.74, 6) is 0.874. The minimum Gasteiger partial charge on any atom is -0.497 e. The van der Waals surface area contributed by atoms with Gasteiger partial charge >= 0.3 is 0 Å². The highest BCUT2D eigenvalue weighted by atomic mass is 16.5. The monoisotopic (exact) mass is 188 g/mol. The van der Waals surface area contributed by atoms with Gasteiger partial charge in [-0.1, -0.05) is 30.4 Å². The number of benzene rings is 1. The van der Waals surface area contributed by atoms with Gasteiger partial charge < -0.3 is 4.74 Å². The van der Waals surface area contributed by atoms with Crippen LogP contribution in [0.4, 0.5) is 0 Å². The molecule has 0 fully saturated rings. The van der Waals surface area contributed by atoms with Crippen LogP contribution in [0.2, 0.25) is 0 Å². The lowest BCUT2D eigenvalue weighted by Crippen LogP contribution is -1.84. The molecule has 0 saturated carbocycles. The lowest BCUT2D eigenvalue weighted by atomic mass is 10.1. The first-order valence-electron chi connectivity index (χ1n) is 4.61. The van der Waals surface area contributed by atoms with Gasteiger partial charge in [0.15, 0.2) is 0 Å². The first-order valence-corrected chi connectivity index (χ1v) is 4.61. The van der Waals surface area contributed by atoms with Gasteiger partial charge in [-0.05, 0) is 37.1 Å². The van der Waals surface area contributed by atoms with Crippen LogP contribution in [0.25, 0.3) is 5.57 Å². The Morgan fingerprint density at radius 2 is 1.79 bits per heavy atom. The summed E-state index contributed by atoms with van der Waals surface area (Å²) in [7, 11) is 1.67. The quantitative estimate of drug-likeness (QED) is 0.657. The summed E-state index contributed by atoms with van der Waals surface area (Å²) < 4.78 is 5.08. The Morgan fingerprint density at radius 1 is 1.21 bits per heavy atom. The fourth-order valence-corrected chi connectivity index (χ4v) is 1.24. The molecular weight excluding hydrogens is 172 g/mol. The first-order chi connectivity index (χ1) is 6.63. The number of rotatable bonds is 3. The van der Waals surface area contributed by atoms with E-state index in [0.717, 1.165) is 16.9 Å². The van der Waals surface area contributed by atoms with E-state index in [0.29, 0.717) is 0 Å². The Bertz CT molecular complexity index is 340. The van der Waals surface area contributed by atoms with Crippen molar-refractivity contribution in [1.29, 1.82) is 0 Å². The molecule has 1 aromatic rings. The minimum atomic E-state index is 0.874. The van der Waals surface area contributed by atoms with Crippen molar-refractivity contribution in [3.63, 3.8) is 0 Å². The lowest BCUT2D eigenvalue weighted by Gasteiger charge is -2.03. The van der Waals surface area contributed by atoms with E-state index in [2.05, 4.69) is 26.5 Å².